The van der Waals surface area contributed by atoms with Crippen molar-refractivity contribution >= 4 is 33.0 Å². The maximum atomic E-state index is 12.7. The highest BCUT2D eigenvalue weighted by molar-refractivity contribution is 7.19. The lowest BCUT2D eigenvalue weighted by Crippen LogP contribution is -2.27. The first-order chi connectivity index (χ1) is 14.2. The monoisotopic (exact) mass is 408 g/mol. The molecule has 3 heterocycles. The largest absolute Gasteiger partial charge is 0.356 e. The minimum Gasteiger partial charge on any atom is -0.356 e. The smallest absolute Gasteiger partial charge is 0.291 e. The van der Waals surface area contributed by atoms with Crippen LogP contribution in [0.15, 0.2) is 53.6 Å². The van der Waals surface area contributed by atoms with Gasteiger partial charge in [0.2, 0.25) is 5.91 Å². The van der Waals surface area contributed by atoms with Crippen molar-refractivity contribution in [1.29, 1.82) is 0 Å². The lowest BCUT2D eigenvalue weighted by Gasteiger charge is -2.07. The Kier molecular flexibility index (Phi) is 5.76. The molecule has 1 amide bonds. The molecule has 4 aromatic rings. The third-order valence-corrected chi connectivity index (χ3v) is 6.25. The fourth-order valence-electron chi connectivity index (χ4n) is 3.45. The number of aromatic nitrogens is 3. The van der Waals surface area contributed by atoms with Crippen LogP contribution in [-0.2, 0) is 24.2 Å². The molecule has 6 nitrogen and oxygen atoms in total. The van der Waals surface area contributed by atoms with Gasteiger partial charge in [0.15, 0.2) is 0 Å². The van der Waals surface area contributed by atoms with Gasteiger partial charge in [-0.1, -0.05) is 37.3 Å². The van der Waals surface area contributed by atoms with Crippen LogP contribution in [0.25, 0.3) is 15.7 Å². The minimum absolute atomic E-state index is 0.00496. The van der Waals surface area contributed by atoms with E-state index in [1.165, 1.54) is 15.1 Å². The van der Waals surface area contributed by atoms with E-state index >= 15 is 0 Å². The number of fused-ring (bicyclic) bond motifs is 3. The first-order valence-corrected chi connectivity index (χ1v) is 10.8. The normalized spacial score (nSPS) is 11.3. The Labute approximate surface area is 172 Å². The molecule has 1 aromatic carbocycles. The van der Waals surface area contributed by atoms with Gasteiger partial charge >= 0.3 is 0 Å². The van der Waals surface area contributed by atoms with Gasteiger partial charge in [0.25, 0.3) is 5.56 Å². The van der Waals surface area contributed by atoms with Crippen molar-refractivity contribution in [3.05, 3.63) is 69.6 Å². The Balaban J connectivity index is 1.33. The van der Waals surface area contributed by atoms with E-state index in [2.05, 4.69) is 35.5 Å². The Morgan fingerprint density at radius 1 is 1.17 bits per heavy atom. The number of carbonyl (C=O) groups is 1. The first kappa shape index (κ1) is 19.4. The number of carbonyl (C=O) groups excluding carboxylic acids is 1. The van der Waals surface area contributed by atoms with Gasteiger partial charge in [-0.3, -0.25) is 14.0 Å². The van der Waals surface area contributed by atoms with Gasteiger partial charge in [0, 0.05) is 24.4 Å². The third kappa shape index (κ3) is 4.24. The van der Waals surface area contributed by atoms with E-state index in [0.717, 1.165) is 23.1 Å². The second-order valence-electron chi connectivity index (χ2n) is 7.06. The molecule has 4 rings (SSSR count). The van der Waals surface area contributed by atoms with E-state index in [1.54, 1.807) is 17.7 Å². The maximum Gasteiger partial charge on any atom is 0.291 e. The Morgan fingerprint density at radius 3 is 2.79 bits per heavy atom. The van der Waals surface area contributed by atoms with Crippen LogP contribution in [0, 0.1) is 0 Å². The molecule has 1 N–H and O–H groups in total. The molecular weight excluding hydrogens is 384 g/mol. The highest BCUT2D eigenvalue weighted by Crippen LogP contribution is 2.28. The predicted octanol–water partition coefficient (Wildman–Crippen LogP) is 3.41. The summed E-state index contributed by atoms with van der Waals surface area (Å²) in [6, 6.07) is 14.1. The van der Waals surface area contributed by atoms with Crippen LogP contribution in [0.5, 0.6) is 0 Å². The molecule has 0 fully saturated rings. The number of amides is 1. The highest BCUT2D eigenvalue weighted by Gasteiger charge is 2.12. The molecule has 29 heavy (non-hydrogen) atoms. The van der Waals surface area contributed by atoms with E-state index in [0.29, 0.717) is 31.4 Å². The van der Waals surface area contributed by atoms with Crippen molar-refractivity contribution in [2.45, 2.75) is 39.2 Å². The Morgan fingerprint density at radius 2 is 2.00 bits per heavy atom. The predicted molar refractivity (Wildman–Crippen MR) is 117 cm³/mol. The molecule has 0 radical (unpaired) electrons. The van der Waals surface area contributed by atoms with Crippen LogP contribution in [0.4, 0.5) is 0 Å². The van der Waals surface area contributed by atoms with Crippen molar-refractivity contribution in [2.75, 3.05) is 6.54 Å². The maximum absolute atomic E-state index is 12.7. The summed E-state index contributed by atoms with van der Waals surface area (Å²) in [5.74, 6) is 0.00496. The average molecular weight is 409 g/mol. The van der Waals surface area contributed by atoms with E-state index in [-0.39, 0.29) is 11.5 Å². The highest BCUT2D eigenvalue weighted by atomic mass is 32.1. The van der Waals surface area contributed by atoms with Crippen LogP contribution in [-0.4, -0.2) is 26.6 Å². The molecule has 0 saturated carbocycles. The summed E-state index contributed by atoms with van der Waals surface area (Å²) in [5, 5.41) is 7.24. The molecular formula is C22H24N4O2S. The second kappa shape index (κ2) is 8.61. The molecule has 0 aliphatic heterocycles. The van der Waals surface area contributed by atoms with Gasteiger partial charge in [-0.05, 0) is 37.0 Å². The fraction of sp³-hybridized carbons (Fsp3) is 0.318. The quantitative estimate of drug-likeness (QED) is 0.486. The number of thiophene rings is 1. The molecule has 0 bridgehead atoms. The number of benzene rings is 1. The zero-order chi connectivity index (χ0) is 20.2. The lowest BCUT2D eigenvalue weighted by molar-refractivity contribution is -0.121. The molecule has 3 aromatic heterocycles. The van der Waals surface area contributed by atoms with Crippen molar-refractivity contribution in [2.24, 2.45) is 0 Å². The Hall–Kier alpha value is -2.93. The zero-order valence-electron chi connectivity index (χ0n) is 16.4. The molecule has 0 aliphatic rings. The minimum atomic E-state index is -0.113. The number of nitrogens with one attached hydrogen (secondary N) is 1. The number of rotatable bonds is 8. The van der Waals surface area contributed by atoms with Crippen molar-refractivity contribution in [1.82, 2.24) is 19.5 Å². The summed E-state index contributed by atoms with van der Waals surface area (Å²) in [6.45, 7) is 3.18. The van der Waals surface area contributed by atoms with E-state index in [4.69, 9.17) is 0 Å². The molecule has 7 heteroatoms. The number of hydrogen-bond acceptors (Lipinski definition) is 4. The molecule has 0 atom stereocenters. The topological polar surface area (TPSA) is 68.4 Å². The molecule has 0 saturated heterocycles. The lowest BCUT2D eigenvalue weighted by atomic mass is 10.1. The van der Waals surface area contributed by atoms with Crippen LogP contribution in [0.2, 0.25) is 0 Å². The summed E-state index contributed by atoms with van der Waals surface area (Å²) < 4.78 is 4.42. The average Bonchev–Trinajstić information content (AvgIpc) is 3.29. The van der Waals surface area contributed by atoms with Crippen molar-refractivity contribution < 1.29 is 4.79 Å². The van der Waals surface area contributed by atoms with Gasteiger partial charge in [-0.25, -0.2) is 4.68 Å². The van der Waals surface area contributed by atoms with Gasteiger partial charge in [0.05, 0.1) is 10.2 Å². The van der Waals surface area contributed by atoms with Crippen LogP contribution < -0.4 is 10.9 Å². The summed E-state index contributed by atoms with van der Waals surface area (Å²) >= 11 is 1.72. The van der Waals surface area contributed by atoms with Gasteiger partial charge in [-0.15, -0.1) is 11.3 Å². The molecule has 0 unspecified atom stereocenters. The summed E-state index contributed by atoms with van der Waals surface area (Å²) in [6.07, 6.45) is 4.46. The van der Waals surface area contributed by atoms with E-state index in [9.17, 15) is 9.59 Å². The number of hydrogen-bond donors (Lipinski definition) is 1. The van der Waals surface area contributed by atoms with E-state index in [1.807, 2.05) is 28.7 Å². The summed E-state index contributed by atoms with van der Waals surface area (Å²) in [5.41, 5.74) is 2.76. The van der Waals surface area contributed by atoms with Crippen LogP contribution in [0.1, 0.15) is 30.2 Å². The molecule has 0 aliphatic carbocycles. The Bertz CT molecular complexity index is 1190. The van der Waals surface area contributed by atoms with Crippen molar-refractivity contribution in [3.8, 4) is 0 Å². The fourth-order valence-corrected chi connectivity index (χ4v) is 4.48. The van der Waals surface area contributed by atoms with Crippen LogP contribution in [0.3, 0.4) is 0 Å². The van der Waals surface area contributed by atoms with Gasteiger partial charge in [-0.2, -0.15) is 5.10 Å². The number of aryl methyl sites for hydroxylation is 2. The first-order valence-electron chi connectivity index (χ1n) is 9.96. The number of nitrogens with zero attached hydrogens (tertiary/aromatic N) is 3. The standard InChI is InChI=1S/C22H24N4O2S/c1-2-17-13-18-20(29-17)14-19-22(28)26(24-15-25(18)19)12-6-9-21(27)23-11-10-16-7-4-3-5-8-16/h3-5,7-8,13-15H,2,6,9-12H2,1H3,(H,23,27). The second-order valence-corrected chi connectivity index (χ2v) is 8.23. The van der Waals surface area contributed by atoms with Crippen molar-refractivity contribution in [3.63, 3.8) is 0 Å². The molecule has 0 spiro atoms. The third-order valence-electron chi connectivity index (χ3n) is 5.04. The summed E-state index contributed by atoms with van der Waals surface area (Å²) in [4.78, 5) is 26.1. The van der Waals surface area contributed by atoms with Crippen LogP contribution >= 0.6 is 11.3 Å². The zero-order valence-corrected chi connectivity index (χ0v) is 17.2. The summed E-state index contributed by atoms with van der Waals surface area (Å²) in [7, 11) is 0. The molecule has 150 valence electrons. The SMILES string of the molecule is CCc1cc2c(cc3c(=O)n(CCCC(=O)NCCc4ccccc4)ncn32)s1. The van der Waals surface area contributed by atoms with Gasteiger partial charge in [0.1, 0.15) is 11.8 Å². The van der Waals surface area contributed by atoms with E-state index < -0.39 is 0 Å². The van der Waals surface area contributed by atoms with Gasteiger partial charge < -0.3 is 5.32 Å².